The first-order chi connectivity index (χ1) is 8.01. The number of hydrogen-bond acceptors (Lipinski definition) is 5. The minimum atomic E-state index is -3.33. The molecule has 0 aromatic heterocycles. The first-order valence-corrected chi connectivity index (χ1v) is 5.64. The highest BCUT2D eigenvalue weighted by Crippen LogP contribution is 2.31. The van der Waals surface area contributed by atoms with Crippen LogP contribution in [-0.4, -0.2) is 61.8 Å². The second kappa shape index (κ2) is 4.83. The fourth-order valence-electron chi connectivity index (χ4n) is 2.13. The van der Waals surface area contributed by atoms with E-state index in [-0.39, 0.29) is 6.10 Å². The predicted molar refractivity (Wildman–Crippen MR) is 54.7 cm³/mol. The Kier molecular flexibility index (Phi) is 3.60. The quantitative estimate of drug-likeness (QED) is 0.690. The lowest BCUT2D eigenvalue weighted by atomic mass is 10.1. The Labute approximate surface area is 97.8 Å². The van der Waals surface area contributed by atoms with E-state index in [2.05, 4.69) is 4.74 Å². The van der Waals surface area contributed by atoms with Crippen molar-refractivity contribution in [1.29, 1.82) is 0 Å². The summed E-state index contributed by atoms with van der Waals surface area (Å²) in [4.78, 5) is 12.8. The van der Waals surface area contributed by atoms with E-state index >= 15 is 0 Å². The lowest BCUT2D eigenvalue weighted by Gasteiger charge is -2.33. The number of hydrogen-bond donors (Lipinski definition) is 1. The van der Waals surface area contributed by atoms with Gasteiger partial charge in [0.1, 0.15) is 6.10 Å². The first kappa shape index (κ1) is 12.7. The molecular weight excluding hydrogens is 234 g/mol. The van der Waals surface area contributed by atoms with Crippen molar-refractivity contribution >= 4 is 5.97 Å². The van der Waals surface area contributed by atoms with Crippen molar-refractivity contribution in [1.82, 2.24) is 4.90 Å². The molecule has 17 heavy (non-hydrogen) atoms. The SMILES string of the molecule is NCC1CN(CC2CC(F)(F)C(=O)O2)CCO1. The number of ether oxygens (including phenoxy) is 2. The zero-order valence-corrected chi connectivity index (χ0v) is 9.40. The van der Waals surface area contributed by atoms with Gasteiger partial charge < -0.3 is 15.2 Å². The zero-order chi connectivity index (χ0) is 12.5. The normalized spacial score (nSPS) is 33.7. The zero-order valence-electron chi connectivity index (χ0n) is 9.40. The van der Waals surface area contributed by atoms with E-state index in [0.717, 1.165) is 0 Å². The molecule has 0 spiro atoms. The molecule has 2 unspecified atom stereocenters. The Morgan fingerprint density at radius 2 is 2.24 bits per heavy atom. The summed E-state index contributed by atoms with van der Waals surface area (Å²) in [5.74, 6) is -4.74. The van der Waals surface area contributed by atoms with Gasteiger partial charge in [-0.1, -0.05) is 0 Å². The van der Waals surface area contributed by atoms with Crippen molar-refractivity contribution in [3.63, 3.8) is 0 Å². The molecule has 0 saturated carbocycles. The summed E-state index contributed by atoms with van der Waals surface area (Å²) in [6.07, 6.45) is -1.33. The molecule has 2 fully saturated rings. The van der Waals surface area contributed by atoms with Gasteiger partial charge in [0, 0.05) is 26.2 Å². The van der Waals surface area contributed by atoms with Crippen molar-refractivity contribution in [2.24, 2.45) is 5.73 Å². The van der Waals surface area contributed by atoms with Gasteiger partial charge in [-0.3, -0.25) is 4.90 Å². The van der Waals surface area contributed by atoms with Crippen LogP contribution in [0.3, 0.4) is 0 Å². The number of nitrogens with two attached hydrogens (primary N) is 1. The lowest BCUT2D eigenvalue weighted by Crippen LogP contribution is -2.48. The van der Waals surface area contributed by atoms with Gasteiger partial charge >= 0.3 is 11.9 Å². The van der Waals surface area contributed by atoms with Gasteiger partial charge in [0.15, 0.2) is 0 Å². The van der Waals surface area contributed by atoms with Crippen LogP contribution in [0.4, 0.5) is 8.78 Å². The van der Waals surface area contributed by atoms with E-state index in [1.165, 1.54) is 0 Å². The number of morpholine rings is 1. The van der Waals surface area contributed by atoms with Gasteiger partial charge in [0.25, 0.3) is 0 Å². The highest BCUT2D eigenvalue weighted by atomic mass is 19.3. The van der Waals surface area contributed by atoms with Gasteiger partial charge in [-0.25, -0.2) is 4.79 Å². The van der Waals surface area contributed by atoms with Gasteiger partial charge in [-0.15, -0.1) is 0 Å². The summed E-state index contributed by atoms with van der Waals surface area (Å²) in [7, 11) is 0. The Balaban J connectivity index is 1.84. The van der Waals surface area contributed by atoms with Crippen LogP contribution in [0.25, 0.3) is 0 Å². The predicted octanol–water partition coefficient (Wildman–Crippen LogP) is -0.403. The molecule has 0 aromatic carbocycles. The molecule has 0 amide bonds. The summed E-state index contributed by atoms with van der Waals surface area (Å²) in [6.45, 7) is 2.49. The number of halogens is 2. The lowest BCUT2D eigenvalue weighted by molar-refractivity contribution is -0.159. The molecule has 7 heteroatoms. The summed E-state index contributed by atoms with van der Waals surface area (Å²) in [5.41, 5.74) is 5.48. The van der Waals surface area contributed by atoms with Crippen molar-refractivity contribution in [2.45, 2.75) is 24.6 Å². The molecule has 2 aliphatic heterocycles. The molecule has 2 saturated heterocycles. The van der Waals surface area contributed by atoms with Crippen LogP contribution in [0, 0.1) is 0 Å². The summed E-state index contributed by atoms with van der Waals surface area (Å²) in [6, 6.07) is 0. The maximum Gasteiger partial charge on any atom is 0.377 e. The highest BCUT2D eigenvalue weighted by Gasteiger charge is 2.51. The van der Waals surface area contributed by atoms with E-state index in [9.17, 15) is 13.6 Å². The Morgan fingerprint density at radius 3 is 2.82 bits per heavy atom. The average Bonchev–Trinajstić information content (AvgIpc) is 2.52. The summed E-state index contributed by atoms with van der Waals surface area (Å²) >= 11 is 0. The summed E-state index contributed by atoms with van der Waals surface area (Å²) in [5, 5.41) is 0. The average molecular weight is 250 g/mol. The Hall–Kier alpha value is -0.790. The second-order valence-corrected chi connectivity index (χ2v) is 4.42. The van der Waals surface area contributed by atoms with Crippen molar-refractivity contribution in [3.05, 3.63) is 0 Å². The third kappa shape index (κ3) is 2.91. The maximum absolute atomic E-state index is 12.9. The molecule has 2 rings (SSSR count). The molecule has 2 atom stereocenters. The number of nitrogens with zero attached hydrogens (tertiary/aromatic N) is 1. The monoisotopic (exact) mass is 250 g/mol. The third-order valence-corrected chi connectivity index (χ3v) is 3.00. The smallest absolute Gasteiger partial charge is 0.377 e. The maximum atomic E-state index is 12.9. The van der Waals surface area contributed by atoms with Crippen molar-refractivity contribution in [2.75, 3.05) is 32.8 Å². The van der Waals surface area contributed by atoms with Gasteiger partial charge in [-0.2, -0.15) is 8.78 Å². The minimum Gasteiger partial charge on any atom is -0.456 e. The fraction of sp³-hybridized carbons (Fsp3) is 0.900. The van der Waals surface area contributed by atoms with E-state index < -0.39 is 24.4 Å². The molecule has 2 heterocycles. The van der Waals surface area contributed by atoms with Crippen LogP contribution in [0.15, 0.2) is 0 Å². The molecule has 2 aliphatic rings. The fourth-order valence-corrected chi connectivity index (χ4v) is 2.13. The van der Waals surface area contributed by atoms with Crippen LogP contribution in [0.5, 0.6) is 0 Å². The van der Waals surface area contributed by atoms with E-state index in [1.54, 1.807) is 0 Å². The van der Waals surface area contributed by atoms with Gasteiger partial charge in [0.05, 0.1) is 19.1 Å². The molecule has 0 aromatic rings. The Morgan fingerprint density at radius 1 is 1.47 bits per heavy atom. The largest absolute Gasteiger partial charge is 0.456 e. The first-order valence-electron chi connectivity index (χ1n) is 5.64. The molecule has 98 valence electrons. The minimum absolute atomic E-state index is 0.0682. The van der Waals surface area contributed by atoms with E-state index in [0.29, 0.717) is 32.8 Å². The highest BCUT2D eigenvalue weighted by molar-refractivity contribution is 5.79. The number of carbonyl (C=O) groups is 1. The number of carbonyl (C=O) groups excluding carboxylic acids is 1. The number of cyclic esters (lactones) is 1. The van der Waals surface area contributed by atoms with Gasteiger partial charge in [-0.05, 0) is 0 Å². The van der Waals surface area contributed by atoms with Crippen LogP contribution in [-0.2, 0) is 14.3 Å². The van der Waals surface area contributed by atoms with Gasteiger partial charge in [0.2, 0.25) is 0 Å². The van der Waals surface area contributed by atoms with Crippen molar-refractivity contribution < 1.29 is 23.0 Å². The number of alkyl halides is 2. The summed E-state index contributed by atoms with van der Waals surface area (Å²) < 4.78 is 35.9. The second-order valence-electron chi connectivity index (χ2n) is 4.42. The van der Waals surface area contributed by atoms with Crippen molar-refractivity contribution in [3.8, 4) is 0 Å². The topological polar surface area (TPSA) is 64.8 Å². The van der Waals surface area contributed by atoms with Crippen LogP contribution < -0.4 is 5.73 Å². The van der Waals surface area contributed by atoms with Crippen LogP contribution in [0.1, 0.15) is 6.42 Å². The van der Waals surface area contributed by atoms with E-state index in [4.69, 9.17) is 10.5 Å². The van der Waals surface area contributed by atoms with E-state index in [1.807, 2.05) is 4.90 Å². The number of rotatable bonds is 3. The van der Waals surface area contributed by atoms with Crippen LogP contribution >= 0.6 is 0 Å². The molecular formula is C10H16F2N2O3. The standard InChI is InChI=1S/C10H16F2N2O3/c11-10(12)3-7(17-9(10)15)5-14-1-2-16-8(4-13)6-14/h7-8H,1-6,13H2. The molecule has 2 N–H and O–H groups in total. The molecule has 0 bridgehead atoms. The molecule has 5 nitrogen and oxygen atoms in total. The molecule has 0 aliphatic carbocycles. The number of esters is 1. The molecule has 0 radical (unpaired) electrons. The Bertz CT molecular complexity index is 301. The van der Waals surface area contributed by atoms with Crippen LogP contribution in [0.2, 0.25) is 0 Å². The third-order valence-electron chi connectivity index (χ3n) is 3.00.